The Kier molecular flexibility index (Phi) is 5.36. The summed E-state index contributed by atoms with van der Waals surface area (Å²) in [7, 11) is 1.96. The van der Waals surface area contributed by atoms with Crippen molar-refractivity contribution >= 4 is 0 Å². The molecule has 5 aliphatic rings. The molecule has 0 spiro atoms. The number of methoxy groups -OCH3 is 1. The molecule has 0 radical (unpaired) electrons. The Morgan fingerprint density at radius 1 is 0.719 bits per heavy atom. The van der Waals surface area contributed by atoms with Gasteiger partial charge in [-0.25, -0.2) is 0 Å². The van der Waals surface area contributed by atoms with E-state index in [1.807, 2.05) is 7.11 Å². The molecule has 0 aliphatic heterocycles. The quantitative estimate of drug-likeness (QED) is 0.415. The minimum atomic E-state index is 0.294. The largest absolute Gasteiger partial charge is 0.381 e. The van der Waals surface area contributed by atoms with Crippen molar-refractivity contribution in [1.29, 1.82) is 0 Å². The molecule has 0 aromatic heterocycles. The first-order valence-electron chi connectivity index (χ1n) is 14.4. The van der Waals surface area contributed by atoms with Crippen LogP contribution in [-0.2, 0) is 4.74 Å². The maximum atomic E-state index is 6.07. The van der Waals surface area contributed by atoms with E-state index in [0.717, 1.165) is 35.5 Å². The Hall–Kier alpha value is -0.0400. The van der Waals surface area contributed by atoms with Crippen molar-refractivity contribution in [2.45, 2.75) is 126 Å². The molecule has 5 saturated carbocycles. The average Bonchev–Trinajstić information content (AvgIpc) is 3.07. The fraction of sp³-hybridized carbons (Fsp3) is 1.00. The van der Waals surface area contributed by atoms with E-state index in [4.69, 9.17) is 4.74 Å². The van der Waals surface area contributed by atoms with E-state index in [1.165, 1.54) is 64.2 Å². The molecule has 6 unspecified atom stereocenters. The molecule has 0 bridgehead atoms. The molecule has 32 heavy (non-hydrogen) atoms. The fourth-order valence-corrected chi connectivity index (χ4v) is 12.1. The number of hydrogen-bond acceptors (Lipinski definition) is 1. The zero-order valence-electron chi connectivity index (χ0n) is 23.0. The van der Waals surface area contributed by atoms with Gasteiger partial charge in [0.1, 0.15) is 0 Å². The topological polar surface area (TPSA) is 9.23 Å². The third-order valence-corrected chi connectivity index (χ3v) is 14.2. The summed E-state index contributed by atoms with van der Waals surface area (Å²) in [5.74, 6) is 5.58. The summed E-state index contributed by atoms with van der Waals surface area (Å²) < 4.78 is 6.07. The van der Waals surface area contributed by atoms with E-state index in [0.29, 0.717) is 33.2 Å². The Balaban J connectivity index is 1.52. The summed E-state index contributed by atoms with van der Waals surface area (Å²) >= 11 is 0. The number of rotatable bonds is 2. The molecule has 0 aromatic rings. The lowest BCUT2D eigenvalue weighted by molar-refractivity contribution is -0.265. The average molecular weight is 443 g/mol. The Morgan fingerprint density at radius 3 is 2.03 bits per heavy atom. The third-order valence-electron chi connectivity index (χ3n) is 14.2. The molecule has 5 fully saturated rings. The highest BCUT2D eigenvalue weighted by molar-refractivity contribution is 5.20. The zero-order chi connectivity index (χ0) is 23.3. The van der Waals surface area contributed by atoms with E-state index >= 15 is 0 Å². The molecule has 1 heteroatoms. The van der Waals surface area contributed by atoms with Crippen LogP contribution in [0, 0.1) is 62.6 Å². The number of hydrogen-bond donors (Lipinski definition) is 0. The third kappa shape index (κ3) is 2.73. The molecule has 0 aromatic carbocycles. The molecule has 5 aliphatic carbocycles. The van der Waals surface area contributed by atoms with Crippen LogP contribution in [0.5, 0.6) is 0 Å². The normalized spacial score (nSPS) is 56.8. The van der Waals surface area contributed by atoms with E-state index < -0.39 is 0 Å². The van der Waals surface area contributed by atoms with Crippen LogP contribution >= 0.6 is 0 Å². The van der Waals surface area contributed by atoms with Crippen molar-refractivity contribution in [1.82, 2.24) is 0 Å². The molecule has 184 valence electrons. The van der Waals surface area contributed by atoms with Gasteiger partial charge in [0, 0.05) is 7.11 Å². The van der Waals surface area contributed by atoms with Gasteiger partial charge in [0.15, 0.2) is 0 Å². The van der Waals surface area contributed by atoms with Gasteiger partial charge in [-0.2, -0.15) is 0 Å². The number of ether oxygens (including phenoxy) is 1. The smallest absolute Gasteiger partial charge is 0.0625 e. The highest BCUT2D eigenvalue weighted by atomic mass is 16.5. The van der Waals surface area contributed by atoms with Crippen LogP contribution in [0.2, 0.25) is 0 Å². The monoisotopic (exact) mass is 442 g/mol. The molecule has 0 amide bonds. The summed E-state index contributed by atoms with van der Waals surface area (Å²) in [6.45, 7) is 21.1. The maximum Gasteiger partial charge on any atom is 0.0625 e. The van der Waals surface area contributed by atoms with Crippen molar-refractivity contribution in [3.8, 4) is 0 Å². The minimum Gasteiger partial charge on any atom is -0.381 e. The Labute approximate surface area is 200 Å². The first kappa shape index (κ1) is 23.7. The van der Waals surface area contributed by atoms with Crippen molar-refractivity contribution in [3.63, 3.8) is 0 Å². The van der Waals surface area contributed by atoms with E-state index in [-0.39, 0.29) is 0 Å². The second-order valence-corrected chi connectivity index (χ2v) is 15.3. The van der Waals surface area contributed by atoms with Crippen LogP contribution in [0.4, 0.5) is 0 Å². The van der Waals surface area contributed by atoms with Gasteiger partial charge in [-0.1, -0.05) is 55.4 Å². The molecular formula is C31H54O. The lowest BCUT2D eigenvalue weighted by Crippen LogP contribution is -2.68. The van der Waals surface area contributed by atoms with Gasteiger partial charge in [-0.3, -0.25) is 0 Å². The van der Waals surface area contributed by atoms with Crippen LogP contribution < -0.4 is 0 Å². The fourth-order valence-electron chi connectivity index (χ4n) is 12.1. The van der Waals surface area contributed by atoms with Crippen LogP contribution in [0.25, 0.3) is 0 Å². The Bertz CT molecular complexity index is 739. The highest BCUT2D eigenvalue weighted by Gasteiger charge is 2.71. The van der Waals surface area contributed by atoms with Gasteiger partial charge in [-0.05, 0) is 127 Å². The zero-order valence-corrected chi connectivity index (χ0v) is 23.0. The summed E-state index contributed by atoms with van der Waals surface area (Å²) in [5.41, 5.74) is 2.38. The van der Waals surface area contributed by atoms with Gasteiger partial charge in [0.05, 0.1) is 6.10 Å². The molecule has 0 heterocycles. The summed E-state index contributed by atoms with van der Waals surface area (Å²) in [6.07, 6.45) is 15.0. The van der Waals surface area contributed by atoms with Crippen molar-refractivity contribution in [2.24, 2.45) is 62.6 Å². The van der Waals surface area contributed by atoms with Crippen LogP contribution in [0.15, 0.2) is 0 Å². The van der Waals surface area contributed by atoms with Crippen LogP contribution in [-0.4, -0.2) is 13.2 Å². The first-order valence-corrected chi connectivity index (χ1v) is 14.4. The van der Waals surface area contributed by atoms with E-state index in [1.54, 1.807) is 0 Å². The van der Waals surface area contributed by atoms with Crippen molar-refractivity contribution in [2.75, 3.05) is 7.11 Å². The first-order chi connectivity index (χ1) is 14.9. The molecule has 0 saturated heterocycles. The van der Waals surface area contributed by atoms with E-state index in [9.17, 15) is 0 Å². The van der Waals surface area contributed by atoms with Crippen molar-refractivity contribution < 1.29 is 4.74 Å². The second kappa shape index (κ2) is 7.24. The van der Waals surface area contributed by atoms with Crippen LogP contribution in [0.1, 0.15) is 120 Å². The SMILES string of the molecule is COC1CC[C@@]2(C)C(CC[C@@]3(C)C4CC[C@@]5(C)CCC(C(C)C)C5C4CC[C@@]32C)C1(C)C. The predicted molar refractivity (Wildman–Crippen MR) is 135 cm³/mol. The molecule has 5 rings (SSSR count). The van der Waals surface area contributed by atoms with Crippen molar-refractivity contribution in [3.05, 3.63) is 0 Å². The minimum absolute atomic E-state index is 0.294. The van der Waals surface area contributed by atoms with E-state index in [2.05, 4.69) is 55.4 Å². The molecule has 0 N–H and O–H groups in total. The predicted octanol–water partition coefficient (Wildman–Crippen LogP) is 8.76. The molecular weight excluding hydrogens is 388 g/mol. The number of fused-ring (bicyclic) bond motifs is 7. The summed E-state index contributed by atoms with van der Waals surface area (Å²) in [6, 6.07) is 0. The standard InChI is InChI=1S/C31H54O/c1-20(2)21-10-15-28(5)16-12-23-22(26(21)28)11-19-31(8)29(23,6)17-13-24-27(3,4)25(32-9)14-18-30(24,31)7/h20-26H,10-19H2,1-9H3/t21?,22?,23?,24?,25?,26?,28-,29+,30+,31+/m1/s1. The maximum absolute atomic E-state index is 6.07. The van der Waals surface area contributed by atoms with Gasteiger partial charge < -0.3 is 4.74 Å². The summed E-state index contributed by atoms with van der Waals surface area (Å²) in [4.78, 5) is 0. The van der Waals surface area contributed by atoms with Crippen LogP contribution in [0.3, 0.4) is 0 Å². The van der Waals surface area contributed by atoms with Gasteiger partial charge in [0.25, 0.3) is 0 Å². The van der Waals surface area contributed by atoms with Gasteiger partial charge >= 0.3 is 0 Å². The molecule has 1 nitrogen and oxygen atoms in total. The summed E-state index contributed by atoms with van der Waals surface area (Å²) in [5, 5.41) is 0. The molecule has 10 atom stereocenters. The lowest BCUT2D eigenvalue weighted by atomic mass is 9.31. The second-order valence-electron chi connectivity index (χ2n) is 15.3. The van der Waals surface area contributed by atoms with Gasteiger partial charge in [0.2, 0.25) is 0 Å². The lowest BCUT2D eigenvalue weighted by Gasteiger charge is -2.74. The van der Waals surface area contributed by atoms with Gasteiger partial charge in [-0.15, -0.1) is 0 Å². The highest BCUT2D eigenvalue weighted by Crippen LogP contribution is 2.78. The Morgan fingerprint density at radius 2 is 1.38 bits per heavy atom.